The fraction of sp³-hybridized carbons (Fsp3) is 0.588. The van der Waals surface area contributed by atoms with Crippen LogP contribution in [0.25, 0.3) is 10.7 Å². The normalized spacial score (nSPS) is 18.4. The summed E-state index contributed by atoms with van der Waals surface area (Å²) in [6, 6.07) is 3.99. The van der Waals surface area contributed by atoms with Crippen LogP contribution in [0.1, 0.15) is 26.2 Å². The quantitative estimate of drug-likeness (QED) is 0.726. The summed E-state index contributed by atoms with van der Waals surface area (Å²) in [5.41, 5.74) is 0. The molecule has 0 bridgehead atoms. The minimum Gasteiger partial charge on any atom is -0.355 e. The molecular weight excluding hydrogens is 354 g/mol. The van der Waals surface area contributed by atoms with E-state index in [2.05, 4.69) is 27.3 Å². The SMILES string of the molecule is CC1CCCN(CCNC(=O)CCn2c(-c3cccs3)n[nH]c2=S)C1. The number of rotatable bonds is 7. The smallest absolute Gasteiger partial charge is 0.221 e. The average molecular weight is 380 g/mol. The van der Waals surface area contributed by atoms with Crippen molar-refractivity contribution < 1.29 is 4.79 Å². The molecule has 1 saturated heterocycles. The van der Waals surface area contributed by atoms with Gasteiger partial charge in [0.25, 0.3) is 0 Å². The van der Waals surface area contributed by atoms with Crippen molar-refractivity contribution in [2.45, 2.75) is 32.7 Å². The van der Waals surface area contributed by atoms with Gasteiger partial charge in [0.2, 0.25) is 5.91 Å². The predicted octanol–water partition coefficient (Wildman–Crippen LogP) is 2.91. The van der Waals surface area contributed by atoms with Gasteiger partial charge in [-0.15, -0.1) is 11.3 Å². The van der Waals surface area contributed by atoms with Crippen LogP contribution in [0.4, 0.5) is 0 Å². The van der Waals surface area contributed by atoms with Crippen LogP contribution in [0, 0.1) is 10.7 Å². The molecule has 1 atom stereocenters. The highest BCUT2D eigenvalue weighted by atomic mass is 32.1. The van der Waals surface area contributed by atoms with Gasteiger partial charge in [0.15, 0.2) is 10.6 Å². The Kier molecular flexibility index (Phi) is 6.39. The van der Waals surface area contributed by atoms with Crippen LogP contribution in [0.2, 0.25) is 0 Å². The second-order valence-corrected chi connectivity index (χ2v) is 7.96. The molecule has 1 unspecified atom stereocenters. The van der Waals surface area contributed by atoms with E-state index < -0.39 is 0 Å². The fourth-order valence-corrected chi connectivity index (χ4v) is 4.21. The molecule has 0 aromatic carbocycles. The van der Waals surface area contributed by atoms with Crippen LogP contribution >= 0.6 is 23.6 Å². The number of likely N-dealkylation sites (tertiary alicyclic amines) is 1. The summed E-state index contributed by atoms with van der Waals surface area (Å²) in [4.78, 5) is 15.6. The second kappa shape index (κ2) is 8.73. The van der Waals surface area contributed by atoms with Gasteiger partial charge >= 0.3 is 0 Å². The number of amides is 1. The lowest BCUT2D eigenvalue weighted by Gasteiger charge is -2.30. The minimum atomic E-state index is 0.0605. The van der Waals surface area contributed by atoms with Gasteiger partial charge in [-0.3, -0.25) is 14.5 Å². The van der Waals surface area contributed by atoms with Crippen molar-refractivity contribution in [1.82, 2.24) is 25.0 Å². The van der Waals surface area contributed by atoms with Crippen LogP contribution in [-0.4, -0.2) is 51.8 Å². The number of thiophene rings is 1. The first-order chi connectivity index (χ1) is 12.1. The molecule has 1 fully saturated rings. The van der Waals surface area contributed by atoms with E-state index in [1.165, 1.54) is 12.8 Å². The van der Waals surface area contributed by atoms with Gasteiger partial charge in [-0.05, 0) is 49.0 Å². The maximum Gasteiger partial charge on any atom is 0.221 e. The average Bonchev–Trinajstić information content (AvgIpc) is 3.22. The van der Waals surface area contributed by atoms with E-state index in [1.807, 2.05) is 22.1 Å². The molecular formula is C17H25N5OS2. The van der Waals surface area contributed by atoms with Crippen molar-refractivity contribution in [3.63, 3.8) is 0 Å². The lowest BCUT2D eigenvalue weighted by Crippen LogP contribution is -2.40. The van der Waals surface area contributed by atoms with Crippen LogP contribution in [0.15, 0.2) is 17.5 Å². The monoisotopic (exact) mass is 379 g/mol. The molecule has 0 aliphatic carbocycles. The Morgan fingerprint density at radius 3 is 3.16 bits per heavy atom. The third-order valence-corrected chi connectivity index (χ3v) is 5.73. The Morgan fingerprint density at radius 2 is 2.40 bits per heavy atom. The maximum atomic E-state index is 12.1. The van der Waals surface area contributed by atoms with Crippen LogP contribution in [0.3, 0.4) is 0 Å². The van der Waals surface area contributed by atoms with E-state index in [1.54, 1.807) is 11.3 Å². The van der Waals surface area contributed by atoms with E-state index in [9.17, 15) is 4.79 Å². The van der Waals surface area contributed by atoms with E-state index in [-0.39, 0.29) is 5.91 Å². The largest absolute Gasteiger partial charge is 0.355 e. The van der Waals surface area contributed by atoms with Gasteiger partial charge < -0.3 is 10.2 Å². The van der Waals surface area contributed by atoms with E-state index >= 15 is 0 Å². The first-order valence-corrected chi connectivity index (χ1v) is 10.1. The molecule has 6 nitrogen and oxygen atoms in total. The molecule has 0 spiro atoms. The number of nitrogens with one attached hydrogen (secondary N) is 2. The summed E-state index contributed by atoms with van der Waals surface area (Å²) in [6.07, 6.45) is 2.99. The summed E-state index contributed by atoms with van der Waals surface area (Å²) in [5, 5.41) is 12.1. The van der Waals surface area contributed by atoms with Gasteiger partial charge in [-0.1, -0.05) is 13.0 Å². The summed E-state index contributed by atoms with van der Waals surface area (Å²) >= 11 is 6.91. The standard InChI is InChI=1S/C17H25N5OS2/c1-13-4-2-8-21(12-13)10-7-18-15(23)6-9-22-16(19-20-17(22)24)14-5-3-11-25-14/h3,5,11,13H,2,4,6-10,12H2,1H3,(H,18,23)(H,20,24). The summed E-state index contributed by atoms with van der Waals surface area (Å²) < 4.78 is 2.45. The Hall–Kier alpha value is -1.51. The number of hydrogen-bond acceptors (Lipinski definition) is 5. The van der Waals surface area contributed by atoms with E-state index in [0.717, 1.165) is 36.3 Å². The summed E-state index contributed by atoms with van der Waals surface area (Å²) in [6.45, 7) is 6.76. The van der Waals surface area contributed by atoms with Crippen molar-refractivity contribution in [1.29, 1.82) is 0 Å². The van der Waals surface area contributed by atoms with Gasteiger partial charge in [0.05, 0.1) is 4.88 Å². The highest BCUT2D eigenvalue weighted by Gasteiger charge is 2.16. The molecule has 136 valence electrons. The number of carbonyl (C=O) groups is 1. The molecule has 1 aliphatic rings. The molecule has 0 radical (unpaired) electrons. The molecule has 3 heterocycles. The number of carbonyl (C=O) groups excluding carboxylic acids is 1. The Labute approximate surface area is 157 Å². The zero-order valence-corrected chi connectivity index (χ0v) is 16.2. The highest BCUT2D eigenvalue weighted by molar-refractivity contribution is 7.71. The van der Waals surface area contributed by atoms with Gasteiger partial charge in [-0.2, -0.15) is 5.10 Å². The minimum absolute atomic E-state index is 0.0605. The van der Waals surface area contributed by atoms with Crippen molar-refractivity contribution in [3.05, 3.63) is 22.3 Å². The molecule has 2 aromatic rings. The third-order valence-electron chi connectivity index (χ3n) is 4.55. The van der Waals surface area contributed by atoms with Gasteiger partial charge in [0.1, 0.15) is 0 Å². The fourth-order valence-electron chi connectivity index (χ4n) is 3.26. The van der Waals surface area contributed by atoms with Crippen molar-refractivity contribution in [3.8, 4) is 10.7 Å². The Bertz CT molecular complexity index is 737. The maximum absolute atomic E-state index is 12.1. The van der Waals surface area contributed by atoms with Crippen molar-refractivity contribution in [2.24, 2.45) is 5.92 Å². The van der Waals surface area contributed by atoms with Crippen molar-refractivity contribution in [2.75, 3.05) is 26.2 Å². The number of hydrogen-bond donors (Lipinski definition) is 2. The molecule has 1 aliphatic heterocycles. The predicted molar refractivity (Wildman–Crippen MR) is 103 cm³/mol. The topological polar surface area (TPSA) is 66.0 Å². The number of piperidine rings is 1. The second-order valence-electron chi connectivity index (χ2n) is 6.63. The zero-order chi connectivity index (χ0) is 17.6. The number of H-pyrrole nitrogens is 1. The molecule has 2 N–H and O–H groups in total. The molecule has 0 saturated carbocycles. The molecule has 8 heteroatoms. The number of nitrogens with zero attached hydrogens (tertiary/aromatic N) is 3. The van der Waals surface area contributed by atoms with Crippen LogP contribution in [0.5, 0.6) is 0 Å². The Balaban J connectivity index is 1.45. The first-order valence-electron chi connectivity index (χ1n) is 8.81. The van der Waals surface area contributed by atoms with Crippen molar-refractivity contribution >= 4 is 29.5 Å². The molecule has 25 heavy (non-hydrogen) atoms. The Morgan fingerprint density at radius 1 is 1.52 bits per heavy atom. The lowest BCUT2D eigenvalue weighted by molar-refractivity contribution is -0.121. The van der Waals surface area contributed by atoms with Gasteiger partial charge in [-0.25, -0.2) is 0 Å². The third kappa shape index (κ3) is 4.99. The first kappa shape index (κ1) is 18.3. The van der Waals surface area contributed by atoms with E-state index in [0.29, 0.717) is 24.3 Å². The molecule has 2 aromatic heterocycles. The van der Waals surface area contributed by atoms with Gasteiger partial charge in [0, 0.05) is 32.6 Å². The molecule has 1 amide bonds. The zero-order valence-electron chi connectivity index (χ0n) is 14.5. The summed E-state index contributed by atoms with van der Waals surface area (Å²) in [5.74, 6) is 1.63. The summed E-state index contributed by atoms with van der Waals surface area (Å²) in [7, 11) is 0. The number of aromatic amines is 1. The van der Waals surface area contributed by atoms with Crippen LogP contribution in [-0.2, 0) is 11.3 Å². The molecule has 3 rings (SSSR count). The van der Waals surface area contributed by atoms with E-state index in [4.69, 9.17) is 12.2 Å². The van der Waals surface area contributed by atoms with Crippen LogP contribution < -0.4 is 5.32 Å². The highest BCUT2D eigenvalue weighted by Crippen LogP contribution is 2.22. The number of aromatic nitrogens is 3. The lowest BCUT2D eigenvalue weighted by atomic mass is 10.0.